The number of halogens is 1. The second-order valence-corrected chi connectivity index (χ2v) is 11.4. The summed E-state index contributed by atoms with van der Waals surface area (Å²) in [4.78, 5) is 20.2. The molecule has 2 saturated heterocycles. The van der Waals surface area contributed by atoms with Gasteiger partial charge in [-0.25, -0.2) is 9.97 Å². The van der Waals surface area contributed by atoms with Crippen molar-refractivity contribution in [2.24, 2.45) is 0 Å². The lowest BCUT2D eigenvalue weighted by atomic mass is 10.0. The number of hydrogen-bond donors (Lipinski definition) is 2. The molecule has 2 N–H and O–H groups in total. The third kappa shape index (κ3) is 6.04. The second kappa shape index (κ2) is 12.0. The van der Waals surface area contributed by atoms with E-state index in [-0.39, 0.29) is 0 Å². The van der Waals surface area contributed by atoms with E-state index in [9.17, 15) is 0 Å². The van der Waals surface area contributed by atoms with Gasteiger partial charge in [-0.2, -0.15) is 0 Å². The number of rotatable bonds is 7. The predicted molar refractivity (Wildman–Crippen MR) is 164 cm³/mol. The number of nitrogens with zero attached hydrogens (tertiary/aromatic N) is 5. The summed E-state index contributed by atoms with van der Waals surface area (Å²) in [6.45, 7) is 7.41. The molecule has 2 fully saturated rings. The lowest BCUT2D eigenvalue weighted by Gasteiger charge is -2.33. The van der Waals surface area contributed by atoms with Gasteiger partial charge in [-0.05, 0) is 74.8 Å². The fourth-order valence-electron chi connectivity index (χ4n) is 5.77. The first kappa shape index (κ1) is 26.9. The number of aromatic nitrogens is 3. The summed E-state index contributed by atoms with van der Waals surface area (Å²) in [7, 11) is 3.90. The zero-order valence-electron chi connectivity index (χ0n) is 23.4. The molecule has 4 heterocycles. The molecule has 8 nitrogen and oxygen atoms in total. The summed E-state index contributed by atoms with van der Waals surface area (Å²) < 4.78 is 5.28. The van der Waals surface area contributed by atoms with Gasteiger partial charge in [0.05, 0.1) is 24.0 Å². The molecule has 0 unspecified atom stereocenters. The minimum atomic E-state index is 0.342. The zero-order chi connectivity index (χ0) is 27.5. The van der Waals surface area contributed by atoms with E-state index in [4.69, 9.17) is 21.3 Å². The number of hydrogen-bond acceptors (Lipinski definition) is 7. The summed E-state index contributed by atoms with van der Waals surface area (Å²) in [5.74, 6) is 1.71. The Labute approximate surface area is 241 Å². The third-order valence-corrected chi connectivity index (χ3v) is 8.49. The smallest absolute Gasteiger partial charge is 0.180 e. The van der Waals surface area contributed by atoms with Gasteiger partial charge in [0, 0.05) is 56.6 Å². The summed E-state index contributed by atoms with van der Waals surface area (Å²) >= 11 is 6.67. The van der Waals surface area contributed by atoms with Gasteiger partial charge in [-0.3, -0.25) is 4.90 Å². The predicted octanol–water partition coefficient (Wildman–Crippen LogP) is 5.51. The van der Waals surface area contributed by atoms with E-state index in [1.165, 1.54) is 17.7 Å². The number of imidazole rings is 1. The number of methoxy groups -OCH3 is 1. The highest BCUT2D eigenvalue weighted by Gasteiger charge is 2.22. The molecule has 0 amide bonds. The molecule has 6 rings (SSSR count). The maximum Gasteiger partial charge on any atom is 0.180 e. The van der Waals surface area contributed by atoms with Crippen molar-refractivity contribution in [3.8, 4) is 17.1 Å². The monoisotopic (exact) mass is 559 g/mol. The van der Waals surface area contributed by atoms with Crippen molar-refractivity contribution in [3.05, 3.63) is 65.3 Å². The molecule has 0 atom stereocenters. The van der Waals surface area contributed by atoms with Crippen LogP contribution in [0.15, 0.2) is 54.7 Å². The van der Waals surface area contributed by atoms with Gasteiger partial charge in [0.2, 0.25) is 0 Å². The quantitative estimate of drug-likeness (QED) is 0.309. The zero-order valence-corrected chi connectivity index (χ0v) is 24.1. The Kier molecular flexibility index (Phi) is 8.09. The van der Waals surface area contributed by atoms with E-state index in [1.807, 2.05) is 12.1 Å². The van der Waals surface area contributed by atoms with Crippen molar-refractivity contribution in [2.75, 3.05) is 63.6 Å². The van der Waals surface area contributed by atoms with Gasteiger partial charge in [-0.1, -0.05) is 23.7 Å². The first-order valence-corrected chi connectivity index (χ1v) is 14.6. The van der Waals surface area contributed by atoms with Crippen LogP contribution in [0.3, 0.4) is 0 Å². The average molecular weight is 560 g/mol. The number of anilines is 2. The molecule has 40 heavy (non-hydrogen) atoms. The Morgan fingerprint density at radius 3 is 2.50 bits per heavy atom. The van der Waals surface area contributed by atoms with Crippen LogP contribution in [0.25, 0.3) is 22.6 Å². The molecule has 210 valence electrons. The number of H-pyrrole nitrogens is 1. The van der Waals surface area contributed by atoms with Gasteiger partial charge >= 0.3 is 0 Å². The van der Waals surface area contributed by atoms with Gasteiger partial charge in [-0.15, -0.1) is 0 Å². The Hall–Kier alpha value is -3.33. The van der Waals surface area contributed by atoms with Crippen LogP contribution in [0.5, 0.6) is 5.75 Å². The molecule has 2 aliphatic heterocycles. The van der Waals surface area contributed by atoms with E-state index >= 15 is 0 Å². The Bertz CT molecular complexity index is 1410. The number of aromatic amines is 1. The summed E-state index contributed by atoms with van der Waals surface area (Å²) in [6.07, 6.45) is 4.98. The molecule has 0 saturated carbocycles. The maximum atomic E-state index is 6.67. The van der Waals surface area contributed by atoms with Gasteiger partial charge < -0.3 is 24.8 Å². The van der Waals surface area contributed by atoms with Crippen molar-refractivity contribution in [3.63, 3.8) is 0 Å². The van der Waals surface area contributed by atoms with Crippen LogP contribution in [0.4, 0.5) is 11.4 Å². The van der Waals surface area contributed by atoms with Gasteiger partial charge in [0.25, 0.3) is 0 Å². The van der Waals surface area contributed by atoms with Crippen LogP contribution in [0.1, 0.15) is 24.8 Å². The second-order valence-electron chi connectivity index (χ2n) is 11.0. The molecule has 0 aliphatic carbocycles. The van der Waals surface area contributed by atoms with Crippen molar-refractivity contribution in [1.82, 2.24) is 24.8 Å². The normalized spacial score (nSPS) is 17.7. The molecular weight excluding hydrogens is 522 g/mol. The molecule has 2 aromatic heterocycles. The van der Waals surface area contributed by atoms with Gasteiger partial charge in [0.15, 0.2) is 5.65 Å². The van der Waals surface area contributed by atoms with E-state index in [0.717, 1.165) is 87.0 Å². The average Bonchev–Trinajstić information content (AvgIpc) is 3.30. The van der Waals surface area contributed by atoms with Crippen molar-refractivity contribution >= 4 is 34.1 Å². The van der Waals surface area contributed by atoms with E-state index in [2.05, 4.69) is 73.4 Å². The minimum Gasteiger partial charge on any atom is -0.497 e. The summed E-state index contributed by atoms with van der Waals surface area (Å²) in [5.41, 5.74) is 6.05. The minimum absolute atomic E-state index is 0.342. The topological polar surface area (TPSA) is 72.6 Å². The summed E-state index contributed by atoms with van der Waals surface area (Å²) in [6, 6.07) is 17.4. The molecule has 0 radical (unpaired) electrons. The SMILES string of the molecule is COc1ccc(CN2CCC(Nc3c(Cl)cnc4nc(-c5ccc(N6CCCN(C)CC6)cc5)[nH]c34)CC2)cc1. The first-order valence-electron chi connectivity index (χ1n) is 14.3. The molecule has 2 aromatic carbocycles. The maximum absolute atomic E-state index is 6.67. The Morgan fingerprint density at radius 2 is 1.75 bits per heavy atom. The molecule has 0 spiro atoms. The molecule has 4 aromatic rings. The van der Waals surface area contributed by atoms with Crippen LogP contribution < -0.4 is 15.0 Å². The lowest BCUT2D eigenvalue weighted by molar-refractivity contribution is 0.211. The van der Waals surface area contributed by atoms with Gasteiger partial charge in [0.1, 0.15) is 17.1 Å². The van der Waals surface area contributed by atoms with Crippen LogP contribution >= 0.6 is 11.6 Å². The molecule has 0 bridgehead atoms. The fraction of sp³-hybridized carbons (Fsp3) is 0.419. The fourth-order valence-corrected chi connectivity index (χ4v) is 5.97. The molecule has 2 aliphatic rings. The Morgan fingerprint density at radius 1 is 0.975 bits per heavy atom. The number of nitrogens with one attached hydrogen (secondary N) is 2. The van der Waals surface area contributed by atoms with E-state index < -0.39 is 0 Å². The molecular formula is C31H38ClN7O. The number of likely N-dealkylation sites (tertiary alicyclic amines) is 1. The van der Waals surface area contributed by atoms with E-state index in [1.54, 1.807) is 13.3 Å². The van der Waals surface area contributed by atoms with Crippen molar-refractivity contribution in [2.45, 2.75) is 31.8 Å². The number of benzene rings is 2. The highest BCUT2D eigenvalue weighted by molar-refractivity contribution is 6.34. The summed E-state index contributed by atoms with van der Waals surface area (Å²) in [5, 5.41) is 4.34. The largest absolute Gasteiger partial charge is 0.497 e. The lowest BCUT2D eigenvalue weighted by Crippen LogP contribution is -2.38. The van der Waals surface area contributed by atoms with E-state index in [0.29, 0.717) is 16.7 Å². The molecule has 9 heteroatoms. The van der Waals surface area contributed by atoms with Crippen molar-refractivity contribution in [1.29, 1.82) is 0 Å². The highest BCUT2D eigenvalue weighted by atomic mass is 35.5. The first-order chi connectivity index (χ1) is 19.6. The number of pyridine rings is 1. The number of ether oxygens (including phenoxy) is 1. The number of fused-ring (bicyclic) bond motifs is 1. The number of likely N-dealkylation sites (N-methyl/N-ethyl adjacent to an activating group) is 1. The number of piperidine rings is 1. The van der Waals surface area contributed by atoms with Crippen LogP contribution in [0.2, 0.25) is 5.02 Å². The standard InChI is InChI=1S/C31H38ClN7O/c1-37-14-3-15-39(19-18-37)25-8-6-23(7-9-25)30-35-29-28(27(32)20-33-31(29)36-30)34-24-12-16-38(17-13-24)21-22-4-10-26(40-2)11-5-22/h4-11,20,24H,3,12-19,21H2,1-2H3,(H2,33,34,35,36). The Balaban J connectivity index is 1.12. The third-order valence-electron chi connectivity index (χ3n) is 8.20. The van der Waals surface area contributed by atoms with Crippen LogP contribution in [-0.2, 0) is 6.54 Å². The van der Waals surface area contributed by atoms with Crippen LogP contribution in [0, 0.1) is 0 Å². The van der Waals surface area contributed by atoms with Crippen LogP contribution in [-0.4, -0.2) is 84.2 Å². The van der Waals surface area contributed by atoms with Crippen molar-refractivity contribution < 1.29 is 4.74 Å². The highest BCUT2D eigenvalue weighted by Crippen LogP contribution is 2.33.